The Labute approximate surface area is 136 Å². The highest BCUT2D eigenvalue weighted by molar-refractivity contribution is 5.94. The summed E-state index contributed by atoms with van der Waals surface area (Å²) in [5.74, 6) is -1.02. The van der Waals surface area contributed by atoms with Gasteiger partial charge in [-0.05, 0) is 30.5 Å². The third-order valence-corrected chi connectivity index (χ3v) is 3.97. The van der Waals surface area contributed by atoms with Crippen molar-refractivity contribution in [3.05, 3.63) is 35.4 Å². The van der Waals surface area contributed by atoms with E-state index in [2.05, 4.69) is 0 Å². The molecule has 1 aliphatic heterocycles. The van der Waals surface area contributed by atoms with Gasteiger partial charge in [0.2, 0.25) is 0 Å². The summed E-state index contributed by atoms with van der Waals surface area (Å²) in [6.45, 7) is 1.93. The normalized spacial score (nSPS) is 15.3. The van der Waals surface area contributed by atoms with Crippen molar-refractivity contribution in [2.24, 2.45) is 0 Å². The number of methoxy groups -OCH3 is 1. The molecule has 0 atom stereocenters. The third-order valence-electron chi connectivity index (χ3n) is 3.97. The van der Waals surface area contributed by atoms with E-state index in [1.165, 1.54) is 0 Å². The molecular weight excluding hydrogens is 298 g/mol. The summed E-state index contributed by atoms with van der Waals surface area (Å²) in [7, 11) is 1.62. The van der Waals surface area contributed by atoms with Crippen molar-refractivity contribution in [3.63, 3.8) is 0 Å². The first-order valence-corrected chi connectivity index (χ1v) is 7.80. The topological polar surface area (TPSA) is 76.1 Å². The summed E-state index contributed by atoms with van der Waals surface area (Å²) in [4.78, 5) is 25.4. The molecule has 1 N–H and O–H groups in total. The molecule has 0 aliphatic carbocycles. The Morgan fingerprint density at radius 3 is 2.48 bits per heavy atom. The number of hydrogen-bond donors (Lipinski definition) is 1. The first-order valence-electron chi connectivity index (χ1n) is 7.80. The van der Waals surface area contributed by atoms with Gasteiger partial charge in [0.15, 0.2) is 0 Å². The quantitative estimate of drug-likeness (QED) is 0.830. The van der Waals surface area contributed by atoms with E-state index < -0.39 is 5.97 Å². The molecule has 1 saturated heterocycles. The molecule has 0 bridgehead atoms. The molecule has 23 heavy (non-hydrogen) atoms. The summed E-state index contributed by atoms with van der Waals surface area (Å²) in [5, 5.41) is 8.93. The maximum atomic E-state index is 12.8. The van der Waals surface area contributed by atoms with Gasteiger partial charge in [-0.1, -0.05) is 12.1 Å². The Hall–Kier alpha value is -1.92. The first kappa shape index (κ1) is 17.4. The largest absolute Gasteiger partial charge is 0.481 e. The number of carboxylic acids is 1. The summed E-state index contributed by atoms with van der Waals surface area (Å²) < 4.78 is 10.4. The molecule has 6 nitrogen and oxygen atoms in total. The number of ether oxygens (including phenoxy) is 2. The van der Waals surface area contributed by atoms with Crippen LogP contribution in [-0.4, -0.2) is 54.8 Å². The van der Waals surface area contributed by atoms with Crippen LogP contribution in [0.1, 0.15) is 35.2 Å². The van der Waals surface area contributed by atoms with E-state index in [4.69, 9.17) is 14.6 Å². The van der Waals surface area contributed by atoms with Crippen LogP contribution in [0.3, 0.4) is 0 Å². The molecule has 0 spiro atoms. The van der Waals surface area contributed by atoms with Crippen LogP contribution in [0.2, 0.25) is 0 Å². The van der Waals surface area contributed by atoms with Crippen LogP contribution in [0.5, 0.6) is 0 Å². The molecule has 1 heterocycles. The van der Waals surface area contributed by atoms with E-state index in [0.717, 1.165) is 18.4 Å². The zero-order valence-electron chi connectivity index (χ0n) is 13.4. The lowest BCUT2D eigenvalue weighted by Gasteiger charge is -2.34. The molecule has 2 rings (SSSR count). The fourth-order valence-corrected chi connectivity index (χ4v) is 2.74. The maximum absolute atomic E-state index is 12.8. The standard InChI is InChI=1S/C17H23NO5/c1-22-12-13-2-4-14(5-3-13)17(21)18(9-6-16(19)20)15-7-10-23-11-8-15/h2-5,15H,6-12H2,1H3,(H,19,20). The minimum absolute atomic E-state index is 0.0363. The Morgan fingerprint density at radius 2 is 1.91 bits per heavy atom. The predicted molar refractivity (Wildman–Crippen MR) is 84.3 cm³/mol. The van der Waals surface area contributed by atoms with Gasteiger partial charge >= 0.3 is 5.97 Å². The van der Waals surface area contributed by atoms with Crippen molar-refractivity contribution in [3.8, 4) is 0 Å². The molecule has 1 fully saturated rings. The molecule has 1 amide bonds. The highest BCUT2D eigenvalue weighted by Gasteiger charge is 2.27. The second-order valence-electron chi connectivity index (χ2n) is 5.62. The average molecular weight is 321 g/mol. The maximum Gasteiger partial charge on any atom is 0.305 e. The SMILES string of the molecule is COCc1ccc(C(=O)N(CCC(=O)O)C2CCOCC2)cc1. The number of aliphatic carboxylic acids is 1. The highest BCUT2D eigenvalue weighted by Crippen LogP contribution is 2.18. The van der Waals surface area contributed by atoms with Crippen molar-refractivity contribution >= 4 is 11.9 Å². The minimum atomic E-state index is -0.898. The predicted octanol–water partition coefficient (Wildman–Crippen LogP) is 1.93. The van der Waals surface area contributed by atoms with Gasteiger partial charge in [-0.25, -0.2) is 0 Å². The van der Waals surface area contributed by atoms with E-state index in [-0.39, 0.29) is 24.9 Å². The second kappa shape index (κ2) is 8.64. The van der Waals surface area contributed by atoms with Gasteiger partial charge in [-0.3, -0.25) is 9.59 Å². The fourth-order valence-electron chi connectivity index (χ4n) is 2.74. The monoisotopic (exact) mass is 321 g/mol. The van der Waals surface area contributed by atoms with Crippen LogP contribution in [0.25, 0.3) is 0 Å². The van der Waals surface area contributed by atoms with Gasteiger partial charge in [0, 0.05) is 38.5 Å². The lowest BCUT2D eigenvalue weighted by molar-refractivity contribution is -0.137. The number of hydrogen-bond acceptors (Lipinski definition) is 4. The second-order valence-corrected chi connectivity index (χ2v) is 5.62. The van der Waals surface area contributed by atoms with Crippen molar-refractivity contribution in [2.45, 2.75) is 31.9 Å². The minimum Gasteiger partial charge on any atom is -0.481 e. The zero-order chi connectivity index (χ0) is 16.7. The van der Waals surface area contributed by atoms with Gasteiger partial charge in [-0.2, -0.15) is 0 Å². The van der Waals surface area contributed by atoms with Crippen molar-refractivity contribution in [1.82, 2.24) is 4.90 Å². The molecule has 6 heteroatoms. The van der Waals surface area contributed by atoms with Crippen molar-refractivity contribution < 1.29 is 24.2 Å². The number of carbonyl (C=O) groups excluding carboxylic acids is 1. The number of carboxylic acid groups (broad SMARTS) is 1. The van der Waals surface area contributed by atoms with Crippen molar-refractivity contribution in [1.29, 1.82) is 0 Å². The van der Waals surface area contributed by atoms with Crippen LogP contribution in [0.15, 0.2) is 24.3 Å². The number of amides is 1. The van der Waals surface area contributed by atoms with Crippen LogP contribution >= 0.6 is 0 Å². The molecule has 1 aromatic carbocycles. The molecule has 1 aliphatic rings. The van der Waals surface area contributed by atoms with Gasteiger partial charge in [0.25, 0.3) is 5.91 Å². The molecule has 1 aromatic rings. The Bertz CT molecular complexity index is 522. The summed E-state index contributed by atoms with van der Waals surface area (Å²) in [6.07, 6.45) is 1.44. The lowest BCUT2D eigenvalue weighted by atomic mass is 10.0. The Balaban J connectivity index is 2.11. The summed E-state index contributed by atoms with van der Waals surface area (Å²) in [6, 6.07) is 7.29. The molecule has 0 radical (unpaired) electrons. The molecular formula is C17H23NO5. The zero-order valence-corrected chi connectivity index (χ0v) is 13.4. The van der Waals surface area contributed by atoms with Crippen molar-refractivity contribution in [2.75, 3.05) is 26.9 Å². The lowest BCUT2D eigenvalue weighted by Crippen LogP contribution is -2.44. The van der Waals surface area contributed by atoms with Crippen LogP contribution in [0, 0.1) is 0 Å². The fraction of sp³-hybridized carbons (Fsp3) is 0.529. The third kappa shape index (κ3) is 5.04. The highest BCUT2D eigenvalue weighted by atomic mass is 16.5. The average Bonchev–Trinajstić information content (AvgIpc) is 2.56. The van der Waals surface area contributed by atoms with E-state index >= 15 is 0 Å². The Morgan fingerprint density at radius 1 is 1.26 bits per heavy atom. The van der Waals surface area contributed by atoms with Gasteiger partial charge in [0.05, 0.1) is 13.0 Å². The number of rotatable bonds is 7. The van der Waals surface area contributed by atoms with Crippen LogP contribution in [-0.2, 0) is 20.9 Å². The first-order chi connectivity index (χ1) is 11.1. The number of benzene rings is 1. The Kier molecular flexibility index (Phi) is 6.55. The molecule has 0 aromatic heterocycles. The molecule has 126 valence electrons. The molecule has 0 saturated carbocycles. The van der Waals surface area contributed by atoms with Crippen LogP contribution in [0.4, 0.5) is 0 Å². The van der Waals surface area contributed by atoms with Gasteiger partial charge in [0.1, 0.15) is 0 Å². The van der Waals surface area contributed by atoms with Crippen LogP contribution < -0.4 is 0 Å². The smallest absolute Gasteiger partial charge is 0.305 e. The van der Waals surface area contributed by atoms with Gasteiger partial charge < -0.3 is 19.5 Å². The van der Waals surface area contributed by atoms with E-state index in [1.54, 1.807) is 24.1 Å². The summed E-state index contributed by atoms with van der Waals surface area (Å²) in [5.41, 5.74) is 1.56. The number of carbonyl (C=O) groups is 2. The summed E-state index contributed by atoms with van der Waals surface area (Å²) >= 11 is 0. The molecule has 0 unspecified atom stereocenters. The van der Waals surface area contributed by atoms with E-state index in [9.17, 15) is 9.59 Å². The van der Waals surface area contributed by atoms with Gasteiger partial charge in [-0.15, -0.1) is 0 Å². The van der Waals surface area contributed by atoms with E-state index in [1.807, 2.05) is 12.1 Å². The van der Waals surface area contributed by atoms with E-state index in [0.29, 0.717) is 25.4 Å². The number of nitrogens with zero attached hydrogens (tertiary/aromatic N) is 1.